The number of rotatable bonds is 4. The highest BCUT2D eigenvalue weighted by Crippen LogP contribution is 2.28. The molecule has 2 aromatic carbocycles. The van der Waals surface area contributed by atoms with Gasteiger partial charge in [0.1, 0.15) is 22.8 Å². The van der Waals surface area contributed by atoms with Crippen molar-refractivity contribution in [1.82, 2.24) is 9.66 Å². The number of aromatic hydroxyl groups is 2. The molecule has 0 aliphatic rings. The minimum Gasteiger partial charge on any atom is -0.508 e. The van der Waals surface area contributed by atoms with Gasteiger partial charge in [-0.25, -0.2) is 9.67 Å². The van der Waals surface area contributed by atoms with E-state index in [2.05, 4.69) is 15.1 Å². The molecule has 8 heteroatoms. The number of fused-ring (bicyclic) bond motifs is 1. The van der Waals surface area contributed by atoms with E-state index in [1.807, 2.05) is 47.8 Å². The summed E-state index contributed by atoms with van der Waals surface area (Å²) in [5, 5.41) is 27.1. The van der Waals surface area contributed by atoms with Gasteiger partial charge in [0, 0.05) is 28.6 Å². The molecule has 0 bridgehead atoms. The summed E-state index contributed by atoms with van der Waals surface area (Å²) in [4.78, 5) is 9.37. The molecule has 0 aliphatic carbocycles. The van der Waals surface area contributed by atoms with Crippen molar-refractivity contribution in [2.45, 2.75) is 0 Å². The first-order valence-corrected chi connectivity index (χ1v) is 10.3. The Balaban J connectivity index is 1.66. The third kappa shape index (κ3) is 3.84. The number of pyridine rings is 1. The molecule has 5 rings (SSSR count). The van der Waals surface area contributed by atoms with E-state index in [1.54, 1.807) is 23.1 Å². The maximum atomic E-state index is 10.1. The molecule has 0 saturated heterocycles. The number of hydrogen-bond acceptors (Lipinski definition) is 7. The van der Waals surface area contributed by atoms with Crippen LogP contribution in [0.1, 0.15) is 5.56 Å². The van der Waals surface area contributed by atoms with E-state index in [0.717, 1.165) is 16.7 Å². The van der Waals surface area contributed by atoms with Gasteiger partial charge in [-0.2, -0.15) is 5.10 Å². The monoisotopic (exact) mass is 428 g/mol. The van der Waals surface area contributed by atoms with Gasteiger partial charge in [-0.3, -0.25) is 4.98 Å². The number of para-hydroxylation sites is 1. The Morgan fingerprint density at radius 1 is 1.03 bits per heavy atom. The molecule has 7 nitrogen and oxygen atoms in total. The van der Waals surface area contributed by atoms with Crippen molar-refractivity contribution in [2.75, 3.05) is 0 Å². The highest BCUT2D eigenvalue weighted by Gasteiger charge is 2.13. The average Bonchev–Trinajstić information content (AvgIpc) is 3.37. The SMILES string of the molecule is Oc1ccc(C=Nn2c(-c3cc4ccccc4o3)csc2=Nc2cccnc2)c(O)c1. The standard InChI is InChI=1S/C23H16N4O3S/c28-18-8-7-16(20(29)11-18)12-25-27-19(22-10-15-4-1-2-6-21(15)30-22)14-31-23(27)26-17-5-3-9-24-13-17/h1-14,28-29H. The molecule has 0 amide bonds. The molecular formula is C23H16N4O3S. The van der Waals surface area contributed by atoms with Gasteiger partial charge < -0.3 is 14.6 Å². The van der Waals surface area contributed by atoms with E-state index in [9.17, 15) is 10.2 Å². The second-order valence-electron chi connectivity index (χ2n) is 6.67. The Kier molecular flexibility index (Phi) is 4.81. The Bertz CT molecular complexity index is 1430. The molecule has 0 atom stereocenters. The van der Waals surface area contributed by atoms with Crippen LogP contribution in [0.2, 0.25) is 0 Å². The van der Waals surface area contributed by atoms with Gasteiger partial charge in [0.15, 0.2) is 5.76 Å². The lowest BCUT2D eigenvalue weighted by molar-refractivity contribution is 0.450. The topological polar surface area (TPSA) is 96.1 Å². The lowest BCUT2D eigenvalue weighted by Crippen LogP contribution is -2.11. The molecule has 3 heterocycles. The smallest absolute Gasteiger partial charge is 0.211 e. The maximum Gasteiger partial charge on any atom is 0.211 e. The van der Waals surface area contributed by atoms with Crippen molar-refractivity contribution in [3.8, 4) is 23.0 Å². The predicted molar refractivity (Wildman–Crippen MR) is 120 cm³/mol. The van der Waals surface area contributed by atoms with E-state index in [-0.39, 0.29) is 11.5 Å². The molecule has 3 aromatic heterocycles. The predicted octanol–water partition coefficient (Wildman–Crippen LogP) is 4.88. The molecular weight excluding hydrogens is 412 g/mol. The van der Waals surface area contributed by atoms with Gasteiger partial charge in [0.05, 0.1) is 18.1 Å². The number of nitrogens with zero attached hydrogens (tertiary/aromatic N) is 4. The van der Waals surface area contributed by atoms with Crippen LogP contribution in [0.15, 0.2) is 92.9 Å². The van der Waals surface area contributed by atoms with Gasteiger partial charge >= 0.3 is 0 Å². The second-order valence-corrected chi connectivity index (χ2v) is 7.51. The van der Waals surface area contributed by atoms with Gasteiger partial charge in [-0.1, -0.05) is 18.2 Å². The molecule has 0 fully saturated rings. The van der Waals surface area contributed by atoms with Crippen LogP contribution >= 0.6 is 11.3 Å². The van der Waals surface area contributed by atoms with E-state index >= 15 is 0 Å². The van der Waals surface area contributed by atoms with Crippen molar-refractivity contribution in [3.05, 3.63) is 88.8 Å². The van der Waals surface area contributed by atoms with Crippen molar-refractivity contribution < 1.29 is 14.6 Å². The fourth-order valence-corrected chi connectivity index (χ4v) is 3.90. The summed E-state index contributed by atoms with van der Waals surface area (Å²) in [6, 6.07) is 17.7. The number of phenols is 2. The number of furan rings is 1. The zero-order valence-corrected chi connectivity index (χ0v) is 16.9. The number of hydrogen-bond donors (Lipinski definition) is 2. The van der Waals surface area contributed by atoms with E-state index in [1.165, 1.54) is 29.7 Å². The fraction of sp³-hybridized carbons (Fsp3) is 0. The number of thiazole rings is 1. The first kappa shape index (κ1) is 18.8. The fourth-order valence-electron chi connectivity index (χ4n) is 3.06. The van der Waals surface area contributed by atoms with E-state index < -0.39 is 0 Å². The Morgan fingerprint density at radius 2 is 1.94 bits per heavy atom. The highest BCUT2D eigenvalue weighted by molar-refractivity contribution is 7.07. The molecule has 5 aromatic rings. The second kappa shape index (κ2) is 7.92. The van der Waals surface area contributed by atoms with Crippen LogP contribution < -0.4 is 4.80 Å². The van der Waals surface area contributed by atoms with Crippen LogP contribution in [-0.2, 0) is 0 Å². The average molecular weight is 428 g/mol. The first-order valence-electron chi connectivity index (χ1n) is 9.38. The Morgan fingerprint density at radius 3 is 2.74 bits per heavy atom. The molecule has 0 spiro atoms. The van der Waals surface area contributed by atoms with Crippen LogP contribution in [0.3, 0.4) is 0 Å². The van der Waals surface area contributed by atoms with Crippen LogP contribution in [0.25, 0.3) is 22.4 Å². The lowest BCUT2D eigenvalue weighted by Gasteiger charge is -2.02. The van der Waals surface area contributed by atoms with Crippen LogP contribution in [0, 0.1) is 0 Å². The van der Waals surface area contributed by atoms with E-state index in [0.29, 0.717) is 21.8 Å². The lowest BCUT2D eigenvalue weighted by atomic mass is 10.2. The Labute approximate surface area is 180 Å². The molecule has 0 aliphatic heterocycles. The first-order chi connectivity index (χ1) is 15.2. The molecule has 0 unspecified atom stereocenters. The molecule has 0 radical (unpaired) electrons. The molecule has 0 saturated carbocycles. The van der Waals surface area contributed by atoms with Gasteiger partial charge in [0.25, 0.3) is 0 Å². The van der Waals surface area contributed by atoms with Crippen LogP contribution in [0.5, 0.6) is 11.5 Å². The normalized spacial score (nSPS) is 12.2. The number of aromatic nitrogens is 2. The largest absolute Gasteiger partial charge is 0.508 e. The number of benzene rings is 2. The summed E-state index contributed by atoms with van der Waals surface area (Å²) >= 11 is 1.41. The number of phenolic OH excluding ortho intramolecular Hbond substituents is 2. The van der Waals surface area contributed by atoms with Crippen molar-refractivity contribution in [1.29, 1.82) is 0 Å². The van der Waals surface area contributed by atoms with Gasteiger partial charge in [-0.15, -0.1) is 11.3 Å². The van der Waals surface area contributed by atoms with Crippen LogP contribution in [0.4, 0.5) is 5.69 Å². The summed E-state index contributed by atoms with van der Waals surface area (Å²) in [6.07, 6.45) is 4.86. The molecule has 2 N–H and O–H groups in total. The van der Waals surface area contributed by atoms with Crippen molar-refractivity contribution >= 4 is 34.2 Å². The van der Waals surface area contributed by atoms with Gasteiger partial charge in [0.2, 0.25) is 4.80 Å². The molecule has 31 heavy (non-hydrogen) atoms. The minimum absolute atomic E-state index is 0.0203. The van der Waals surface area contributed by atoms with Crippen molar-refractivity contribution in [2.24, 2.45) is 10.1 Å². The van der Waals surface area contributed by atoms with Crippen LogP contribution in [-0.4, -0.2) is 26.1 Å². The zero-order chi connectivity index (χ0) is 21.2. The highest BCUT2D eigenvalue weighted by atomic mass is 32.1. The van der Waals surface area contributed by atoms with Gasteiger partial charge in [-0.05, 0) is 36.4 Å². The maximum absolute atomic E-state index is 10.1. The molecule has 152 valence electrons. The third-order valence-corrected chi connectivity index (χ3v) is 5.38. The summed E-state index contributed by atoms with van der Waals surface area (Å²) < 4.78 is 7.68. The van der Waals surface area contributed by atoms with Crippen molar-refractivity contribution in [3.63, 3.8) is 0 Å². The minimum atomic E-state index is -0.0735. The Hall–Kier alpha value is -4.17. The summed E-state index contributed by atoms with van der Waals surface area (Å²) in [5.74, 6) is 0.556. The summed E-state index contributed by atoms with van der Waals surface area (Å²) in [7, 11) is 0. The van der Waals surface area contributed by atoms with E-state index in [4.69, 9.17) is 4.42 Å². The summed E-state index contributed by atoms with van der Waals surface area (Å²) in [5.41, 5.74) is 2.65. The quantitative estimate of drug-likeness (QED) is 0.399. The summed E-state index contributed by atoms with van der Waals surface area (Å²) in [6.45, 7) is 0. The third-order valence-electron chi connectivity index (χ3n) is 4.56. The zero-order valence-electron chi connectivity index (χ0n) is 16.1.